The molecule has 0 aliphatic heterocycles. The molecule has 17 heavy (non-hydrogen) atoms. The van der Waals surface area contributed by atoms with Crippen molar-refractivity contribution in [1.82, 2.24) is 0 Å². The maximum absolute atomic E-state index is 14.0. The van der Waals surface area contributed by atoms with Gasteiger partial charge in [-0.2, -0.15) is 0 Å². The van der Waals surface area contributed by atoms with Crippen LogP contribution in [0.15, 0.2) is 42.5 Å². The summed E-state index contributed by atoms with van der Waals surface area (Å²) in [6, 6.07) is 12.6. The molecule has 0 aliphatic carbocycles. The summed E-state index contributed by atoms with van der Waals surface area (Å²) in [7, 11) is 0. The third kappa shape index (κ3) is 2.88. The van der Waals surface area contributed by atoms with Crippen molar-refractivity contribution in [2.24, 2.45) is 0 Å². The zero-order valence-corrected chi connectivity index (χ0v) is 11.4. The molecule has 0 radical (unpaired) electrons. The standard InChI is InChI=1S/C14H11BrClF/c15-8-7-10-5-6-12(14(17)9-10)11-3-1-2-4-13(11)16/h1-6,9H,7-8H2. The molecule has 0 amide bonds. The lowest BCUT2D eigenvalue weighted by Crippen LogP contribution is -1.91. The first-order valence-electron chi connectivity index (χ1n) is 5.31. The van der Waals surface area contributed by atoms with Crippen LogP contribution in [0.5, 0.6) is 0 Å². The largest absolute Gasteiger partial charge is 0.206 e. The Morgan fingerprint density at radius 3 is 2.47 bits per heavy atom. The van der Waals surface area contributed by atoms with E-state index in [2.05, 4.69) is 15.9 Å². The summed E-state index contributed by atoms with van der Waals surface area (Å²) in [5, 5.41) is 1.40. The second-order valence-corrected chi connectivity index (χ2v) is 4.93. The van der Waals surface area contributed by atoms with Crippen LogP contribution in [0.25, 0.3) is 11.1 Å². The monoisotopic (exact) mass is 312 g/mol. The highest BCUT2D eigenvalue weighted by molar-refractivity contribution is 9.09. The molecule has 3 heteroatoms. The fourth-order valence-electron chi connectivity index (χ4n) is 1.72. The minimum Gasteiger partial charge on any atom is -0.206 e. The lowest BCUT2D eigenvalue weighted by atomic mass is 10.0. The van der Waals surface area contributed by atoms with E-state index < -0.39 is 0 Å². The molecule has 88 valence electrons. The average Bonchev–Trinajstić information content (AvgIpc) is 2.31. The van der Waals surface area contributed by atoms with Crippen molar-refractivity contribution in [3.8, 4) is 11.1 Å². The van der Waals surface area contributed by atoms with Gasteiger partial charge in [0.1, 0.15) is 5.82 Å². The fraction of sp³-hybridized carbons (Fsp3) is 0.143. The molecule has 0 fully saturated rings. The van der Waals surface area contributed by atoms with Crippen LogP contribution in [0.2, 0.25) is 5.02 Å². The molecule has 2 aromatic carbocycles. The third-order valence-corrected chi connectivity index (χ3v) is 3.31. The minimum atomic E-state index is -0.225. The van der Waals surface area contributed by atoms with Crippen molar-refractivity contribution in [3.63, 3.8) is 0 Å². The molecule has 0 heterocycles. The van der Waals surface area contributed by atoms with Gasteiger partial charge in [-0.25, -0.2) is 4.39 Å². The Balaban J connectivity index is 2.44. The Labute approximate surface area is 114 Å². The van der Waals surface area contributed by atoms with E-state index >= 15 is 0 Å². The van der Waals surface area contributed by atoms with E-state index in [9.17, 15) is 4.39 Å². The molecule has 0 bridgehead atoms. The van der Waals surface area contributed by atoms with Gasteiger partial charge >= 0.3 is 0 Å². The van der Waals surface area contributed by atoms with Gasteiger partial charge in [0.2, 0.25) is 0 Å². The van der Waals surface area contributed by atoms with Gasteiger partial charge in [0.15, 0.2) is 0 Å². The quantitative estimate of drug-likeness (QED) is 0.693. The SMILES string of the molecule is Fc1cc(CCBr)ccc1-c1ccccc1Cl. The predicted molar refractivity (Wildman–Crippen MR) is 74.3 cm³/mol. The number of halogens is 3. The smallest absolute Gasteiger partial charge is 0.131 e. The number of rotatable bonds is 3. The molecular formula is C14H11BrClF. The molecule has 0 aliphatic rings. The normalized spacial score (nSPS) is 10.5. The van der Waals surface area contributed by atoms with Gasteiger partial charge < -0.3 is 0 Å². The summed E-state index contributed by atoms with van der Waals surface area (Å²) >= 11 is 9.40. The molecule has 0 atom stereocenters. The van der Waals surface area contributed by atoms with Crippen LogP contribution in [0.4, 0.5) is 4.39 Å². The third-order valence-electron chi connectivity index (χ3n) is 2.58. The Morgan fingerprint density at radius 2 is 1.82 bits per heavy atom. The molecule has 0 unspecified atom stereocenters. The summed E-state index contributed by atoms with van der Waals surface area (Å²) in [5.41, 5.74) is 2.26. The zero-order valence-electron chi connectivity index (χ0n) is 9.09. The van der Waals surface area contributed by atoms with E-state index in [-0.39, 0.29) is 5.82 Å². The zero-order chi connectivity index (χ0) is 12.3. The van der Waals surface area contributed by atoms with Crippen molar-refractivity contribution >= 4 is 27.5 Å². The second kappa shape index (κ2) is 5.65. The first kappa shape index (κ1) is 12.6. The van der Waals surface area contributed by atoms with Gasteiger partial charge in [-0.15, -0.1) is 0 Å². The molecule has 0 saturated carbocycles. The Morgan fingerprint density at radius 1 is 1.06 bits per heavy atom. The molecule has 0 saturated heterocycles. The summed E-state index contributed by atoms with van der Waals surface area (Å²) < 4.78 is 14.0. The van der Waals surface area contributed by atoms with Crippen molar-refractivity contribution < 1.29 is 4.39 Å². The van der Waals surface area contributed by atoms with Gasteiger partial charge in [0.05, 0.1) is 0 Å². The van der Waals surface area contributed by atoms with Crippen LogP contribution in [-0.4, -0.2) is 5.33 Å². The maximum Gasteiger partial charge on any atom is 0.131 e. The van der Waals surface area contributed by atoms with E-state index in [0.717, 1.165) is 22.9 Å². The minimum absolute atomic E-state index is 0.225. The first-order valence-corrected chi connectivity index (χ1v) is 6.81. The highest BCUT2D eigenvalue weighted by atomic mass is 79.9. The van der Waals surface area contributed by atoms with Crippen LogP contribution < -0.4 is 0 Å². The summed E-state index contributed by atoms with van der Waals surface area (Å²) in [6.07, 6.45) is 0.819. The molecule has 0 N–H and O–H groups in total. The van der Waals surface area contributed by atoms with E-state index in [1.165, 1.54) is 0 Å². The average molecular weight is 314 g/mol. The van der Waals surface area contributed by atoms with Crippen LogP contribution in [0.3, 0.4) is 0 Å². The Bertz CT molecular complexity index is 525. The maximum atomic E-state index is 14.0. The molecule has 0 spiro atoms. The number of benzene rings is 2. The van der Waals surface area contributed by atoms with Crippen LogP contribution in [0.1, 0.15) is 5.56 Å². The van der Waals surface area contributed by atoms with E-state index in [4.69, 9.17) is 11.6 Å². The van der Waals surface area contributed by atoms with Crippen LogP contribution in [0, 0.1) is 5.82 Å². The van der Waals surface area contributed by atoms with Crippen LogP contribution in [-0.2, 0) is 6.42 Å². The highest BCUT2D eigenvalue weighted by Crippen LogP contribution is 2.30. The van der Waals surface area contributed by atoms with Gasteiger partial charge in [-0.3, -0.25) is 0 Å². The lowest BCUT2D eigenvalue weighted by molar-refractivity contribution is 0.629. The van der Waals surface area contributed by atoms with Crippen molar-refractivity contribution in [3.05, 3.63) is 58.9 Å². The molecule has 2 aromatic rings. The summed E-state index contributed by atoms with van der Waals surface area (Å²) in [4.78, 5) is 0. The molecular weight excluding hydrogens is 303 g/mol. The Hall–Kier alpha value is -0.860. The van der Waals surface area contributed by atoms with E-state index in [1.807, 2.05) is 24.3 Å². The topological polar surface area (TPSA) is 0 Å². The van der Waals surface area contributed by atoms with Gasteiger partial charge in [0.25, 0.3) is 0 Å². The van der Waals surface area contributed by atoms with Crippen LogP contribution >= 0.6 is 27.5 Å². The van der Waals surface area contributed by atoms with E-state index in [0.29, 0.717) is 10.6 Å². The molecule has 0 aromatic heterocycles. The lowest BCUT2D eigenvalue weighted by Gasteiger charge is -2.07. The number of alkyl halides is 1. The Kier molecular flexibility index (Phi) is 4.19. The first-order chi connectivity index (χ1) is 8.22. The number of hydrogen-bond acceptors (Lipinski definition) is 0. The van der Waals surface area contributed by atoms with Crippen molar-refractivity contribution in [2.75, 3.05) is 5.33 Å². The number of hydrogen-bond donors (Lipinski definition) is 0. The van der Waals surface area contributed by atoms with Crippen molar-refractivity contribution in [1.29, 1.82) is 0 Å². The molecule has 2 rings (SSSR count). The number of aryl methyl sites for hydroxylation is 1. The predicted octanol–water partition coefficient (Wildman–Crippen LogP) is 5.08. The van der Waals surface area contributed by atoms with E-state index in [1.54, 1.807) is 18.2 Å². The highest BCUT2D eigenvalue weighted by Gasteiger charge is 2.08. The summed E-state index contributed by atoms with van der Waals surface area (Å²) in [6.45, 7) is 0. The van der Waals surface area contributed by atoms with Crippen molar-refractivity contribution in [2.45, 2.75) is 6.42 Å². The second-order valence-electron chi connectivity index (χ2n) is 3.73. The van der Waals surface area contributed by atoms with Gasteiger partial charge in [-0.05, 0) is 24.1 Å². The fourth-order valence-corrected chi connectivity index (χ4v) is 2.42. The van der Waals surface area contributed by atoms with Gasteiger partial charge in [0, 0.05) is 21.5 Å². The molecule has 0 nitrogen and oxygen atoms in total. The van der Waals surface area contributed by atoms with Gasteiger partial charge in [-0.1, -0.05) is 57.9 Å². The summed E-state index contributed by atoms with van der Waals surface area (Å²) in [5.74, 6) is -0.225.